The third-order valence-corrected chi connectivity index (χ3v) is 2.88. The molecule has 1 heteroatoms. The molecular formula is C16H18N. The van der Waals surface area contributed by atoms with E-state index < -0.39 is 0 Å². The lowest BCUT2D eigenvalue weighted by Gasteiger charge is -2.16. The second-order valence-corrected chi connectivity index (χ2v) is 4.10. The van der Waals surface area contributed by atoms with Crippen molar-refractivity contribution in [1.29, 1.82) is 0 Å². The highest BCUT2D eigenvalue weighted by atomic mass is 14.5. The Hall–Kier alpha value is -1.60. The van der Waals surface area contributed by atoms with Gasteiger partial charge >= 0.3 is 0 Å². The van der Waals surface area contributed by atoms with Crippen LogP contribution >= 0.6 is 0 Å². The number of nitrogens with two attached hydrogens (primary N) is 1. The van der Waals surface area contributed by atoms with Gasteiger partial charge in [0.05, 0.1) is 0 Å². The summed E-state index contributed by atoms with van der Waals surface area (Å²) in [7, 11) is 0. The number of hydrogen-bond acceptors (Lipinski definition) is 1. The maximum Gasteiger partial charge on any atom is 0.0340 e. The van der Waals surface area contributed by atoms with E-state index in [2.05, 4.69) is 60.7 Å². The van der Waals surface area contributed by atoms with Crippen LogP contribution in [0.3, 0.4) is 0 Å². The van der Waals surface area contributed by atoms with Crippen LogP contribution in [0.4, 0.5) is 0 Å². The molecule has 2 aromatic carbocycles. The molecule has 0 fully saturated rings. The van der Waals surface area contributed by atoms with Crippen molar-refractivity contribution in [1.82, 2.24) is 0 Å². The largest absolute Gasteiger partial charge is 0.330 e. The van der Waals surface area contributed by atoms with Gasteiger partial charge in [0.15, 0.2) is 0 Å². The van der Waals surface area contributed by atoms with E-state index in [1.54, 1.807) is 0 Å². The minimum Gasteiger partial charge on any atom is -0.330 e. The van der Waals surface area contributed by atoms with Crippen LogP contribution in [0, 0.1) is 5.92 Å². The Morgan fingerprint density at radius 3 is 1.65 bits per heavy atom. The first-order chi connectivity index (χ1) is 8.42. The summed E-state index contributed by atoms with van der Waals surface area (Å²) in [5.41, 5.74) is 8.22. The Balaban J connectivity index is 2.26. The monoisotopic (exact) mass is 224 g/mol. The molecule has 0 aromatic heterocycles. The summed E-state index contributed by atoms with van der Waals surface area (Å²) in [5, 5.41) is 0. The standard InChI is InChI=1S/C16H18N/c17-13-7-12-16(14-8-3-1-4-9-14)15-10-5-2-6-11-15/h1-6,8-11H,7,12-13,17H2. The van der Waals surface area contributed by atoms with E-state index in [0.717, 1.165) is 19.4 Å². The molecule has 0 aliphatic rings. The highest BCUT2D eigenvalue weighted by Crippen LogP contribution is 2.27. The van der Waals surface area contributed by atoms with Crippen LogP contribution in [0.25, 0.3) is 0 Å². The SMILES string of the molecule is NCCC[C](c1ccccc1)c1ccccc1. The summed E-state index contributed by atoms with van der Waals surface area (Å²) < 4.78 is 0. The van der Waals surface area contributed by atoms with Crippen molar-refractivity contribution in [3.05, 3.63) is 77.7 Å². The summed E-state index contributed by atoms with van der Waals surface area (Å²) >= 11 is 0. The smallest absolute Gasteiger partial charge is 0.0340 e. The average Bonchev–Trinajstić information content (AvgIpc) is 2.42. The summed E-state index contributed by atoms with van der Waals surface area (Å²) in [6.45, 7) is 0.739. The Morgan fingerprint density at radius 1 is 0.765 bits per heavy atom. The van der Waals surface area contributed by atoms with Gasteiger partial charge in [0.2, 0.25) is 0 Å². The predicted molar refractivity (Wildman–Crippen MR) is 72.6 cm³/mol. The van der Waals surface area contributed by atoms with Gasteiger partial charge in [-0.15, -0.1) is 0 Å². The lowest BCUT2D eigenvalue weighted by molar-refractivity contribution is 0.786. The fourth-order valence-electron chi connectivity index (χ4n) is 2.01. The average molecular weight is 224 g/mol. The van der Waals surface area contributed by atoms with E-state index >= 15 is 0 Å². The van der Waals surface area contributed by atoms with Gasteiger partial charge in [-0.2, -0.15) is 0 Å². The fourth-order valence-corrected chi connectivity index (χ4v) is 2.01. The lowest BCUT2D eigenvalue weighted by atomic mass is 9.87. The van der Waals surface area contributed by atoms with E-state index in [9.17, 15) is 0 Å². The zero-order chi connectivity index (χ0) is 11.9. The quantitative estimate of drug-likeness (QED) is 0.827. The molecule has 0 spiro atoms. The molecule has 0 bridgehead atoms. The molecule has 1 nitrogen and oxygen atoms in total. The van der Waals surface area contributed by atoms with Gasteiger partial charge in [0, 0.05) is 5.92 Å². The van der Waals surface area contributed by atoms with Gasteiger partial charge in [-0.25, -0.2) is 0 Å². The molecule has 0 atom stereocenters. The van der Waals surface area contributed by atoms with Gasteiger partial charge in [0.1, 0.15) is 0 Å². The lowest BCUT2D eigenvalue weighted by Crippen LogP contribution is -2.06. The molecule has 87 valence electrons. The minimum absolute atomic E-state index is 0.739. The van der Waals surface area contributed by atoms with Gasteiger partial charge in [0.25, 0.3) is 0 Å². The summed E-state index contributed by atoms with van der Waals surface area (Å²) in [6.07, 6.45) is 2.06. The van der Waals surface area contributed by atoms with E-state index in [-0.39, 0.29) is 0 Å². The first-order valence-electron chi connectivity index (χ1n) is 6.08. The number of benzene rings is 2. The van der Waals surface area contributed by atoms with E-state index in [4.69, 9.17) is 5.73 Å². The Bertz CT molecular complexity index is 382. The molecule has 0 unspecified atom stereocenters. The molecule has 0 aliphatic heterocycles. The molecule has 0 heterocycles. The second kappa shape index (κ2) is 6.21. The molecule has 2 rings (SSSR count). The first-order valence-corrected chi connectivity index (χ1v) is 6.08. The topological polar surface area (TPSA) is 26.0 Å². The third kappa shape index (κ3) is 3.18. The van der Waals surface area contributed by atoms with Crippen LogP contribution in [-0.4, -0.2) is 6.54 Å². The summed E-state index contributed by atoms with van der Waals surface area (Å²) in [4.78, 5) is 0. The molecule has 0 saturated heterocycles. The normalized spacial score (nSPS) is 10.7. The van der Waals surface area contributed by atoms with Crippen LogP contribution in [0.2, 0.25) is 0 Å². The zero-order valence-electron chi connectivity index (χ0n) is 9.97. The third-order valence-electron chi connectivity index (χ3n) is 2.88. The van der Waals surface area contributed by atoms with E-state index in [1.807, 2.05) is 0 Å². The van der Waals surface area contributed by atoms with Crippen molar-refractivity contribution in [3.63, 3.8) is 0 Å². The predicted octanol–water partition coefficient (Wildman–Crippen LogP) is 3.40. The van der Waals surface area contributed by atoms with Gasteiger partial charge in [-0.3, -0.25) is 0 Å². The molecular weight excluding hydrogens is 206 g/mol. The Morgan fingerprint density at radius 2 is 1.24 bits per heavy atom. The molecule has 17 heavy (non-hydrogen) atoms. The molecule has 0 saturated carbocycles. The van der Waals surface area contributed by atoms with Crippen LogP contribution in [0.5, 0.6) is 0 Å². The van der Waals surface area contributed by atoms with E-state index in [0.29, 0.717) is 0 Å². The van der Waals surface area contributed by atoms with Crippen molar-refractivity contribution in [3.8, 4) is 0 Å². The molecule has 2 N–H and O–H groups in total. The van der Waals surface area contributed by atoms with Crippen molar-refractivity contribution in [2.75, 3.05) is 6.54 Å². The maximum absolute atomic E-state index is 5.62. The van der Waals surface area contributed by atoms with Crippen molar-refractivity contribution >= 4 is 0 Å². The highest BCUT2D eigenvalue weighted by molar-refractivity contribution is 5.45. The fraction of sp³-hybridized carbons (Fsp3) is 0.188. The van der Waals surface area contributed by atoms with Crippen molar-refractivity contribution in [2.45, 2.75) is 12.8 Å². The Kier molecular flexibility index (Phi) is 4.34. The first kappa shape index (κ1) is 11.9. The van der Waals surface area contributed by atoms with Gasteiger partial charge < -0.3 is 5.73 Å². The van der Waals surface area contributed by atoms with Crippen LogP contribution in [0.1, 0.15) is 24.0 Å². The molecule has 2 aromatic rings. The number of rotatable bonds is 5. The summed E-state index contributed by atoms with van der Waals surface area (Å²) in [5.74, 6) is 1.39. The maximum atomic E-state index is 5.62. The zero-order valence-corrected chi connectivity index (χ0v) is 9.97. The van der Waals surface area contributed by atoms with Crippen LogP contribution in [0.15, 0.2) is 60.7 Å². The van der Waals surface area contributed by atoms with E-state index in [1.165, 1.54) is 17.0 Å². The summed E-state index contributed by atoms with van der Waals surface area (Å²) in [6, 6.07) is 21.1. The minimum atomic E-state index is 0.739. The van der Waals surface area contributed by atoms with Crippen molar-refractivity contribution < 1.29 is 0 Å². The van der Waals surface area contributed by atoms with Crippen LogP contribution < -0.4 is 5.73 Å². The van der Waals surface area contributed by atoms with Crippen molar-refractivity contribution in [2.24, 2.45) is 5.73 Å². The van der Waals surface area contributed by atoms with Gasteiger partial charge in [-0.05, 0) is 30.5 Å². The second-order valence-electron chi connectivity index (χ2n) is 4.10. The highest BCUT2D eigenvalue weighted by Gasteiger charge is 2.13. The Labute approximate surface area is 103 Å². The molecule has 0 aliphatic carbocycles. The van der Waals surface area contributed by atoms with Crippen LogP contribution in [-0.2, 0) is 0 Å². The number of hydrogen-bond donors (Lipinski definition) is 1. The molecule has 0 amide bonds. The molecule has 1 radical (unpaired) electrons. The van der Waals surface area contributed by atoms with Gasteiger partial charge in [-0.1, -0.05) is 60.7 Å².